The van der Waals surface area contributed by atoms with Crippen LogP contribution < -0.4 is 5.32 Å². The van der Waals surface area contributed by atoms with E-state index in [2.05, 4.69) is 10.3 Å². The van der Waals surface area contributed by atoms with Gasteiger partial charge in [-0.3, -0.25) is 9.20 Å². The lowest BCUT2D eigenvalue weighted by Crippen LogP contribution is -2.45. The number of aryl methyl sites for hydroxylation is 1. The molecule has 0 aromatic carbocycles. The monoisotopic (exact) mass is 295 g/mol. The minimum absolute atomic E-state index is 0.145. The maximum absolute atomic E-state index is 12.0. The Morgan fingerprint density at radius 1 is 1.50 bits per heavy atom. The summed E-state index contributed by atoms with van der Waals surface area (Å²) < 4.78 is 1.87. The first-order chi connectivity index (χ1) is 9.38. The molecular weight excluding hydrogens is 278 g/mol. The number of carboxylic acid groups (broad SMARTS) is 1. The number of amides is 1. The highest BCUT2D eigenvalue weighted by Gasteiger charge is 2.23. The van der Waals surface area contributed by atoms with Crippen LogP contribution in [0.2, 0.25) is 0 Å². The Kier molecular flexibility index (Phi) is 4.08. The van der Waals surface area contributed by atoms with Gasteiger partial charge >= 0.3 is 5.97 Å². The van der Waals surface area contributed by atoms with Crippen LogP contribution in [0.15, 0.2) is 11.6 Å². The number of thiazole rings is 1. The topological polar surface area (TPSA) is 83.7 Å². The number of imidazole rings is 1. The Hall–Kier alpha value is -1.89. The molecule has 0 aliphatic carbocycles. The number of carboxylic acids is 1. The van der Waals surface area contributed by atoms with Crippen molar-refractivity contribution >= 4 is 28.2 Å². The molecule has 0 aliphatic heterocycles. The molecule has 1 atom stereocenters. The third-order valence-corrected chi connectivity index (χ3v) is 3.88. The van der Waals surface area contributed by atoms with Gasteiger partial charge in [0.25, 0.3) is 0 Å². The van der Waals surface area contributed by atoms with Crippen LogP contribution in [-0.4, -0.2) is 32.4 Å². The first-order valence-corrected chi connectivity index (χ1v) is 7.20. The summed E-state index contributed by atoms with van der Waals surface area (Å²) in [4.78, 5) is 28.2. The van der Waals surface area contributed by atoms with Crippen molar-refractivity contribution in [2.45, 2.75) is 33.2 Å². The Labute approximate surface area is 120 Å². The van der Waals surface area contributed by atoms with Gasteiger partial charge in [-0.05, 0) is 12.8 Å². The van der Waals surface area contributed by atoms with Crippen molar-refractivity contribution in [2.24, 2.45) is 5.92 Å². The van der Waals surface area contributed by atoms with Crippen molar-refractivity contribution in [1.82, 2.24) is 14.7 Å². The molecule has 20 heavy (non-hydrogen) atoms. The van der Waals surface area contributed by atoms with Crippen LogP contribution in [0.3, 0.4) is 0 Å². The molecule has 108 valence electrons. The summed E-state index contributed by atoms with van der Waals surface area (Å²) in [6.45, 7) is 5.42. The molecule has 2 aromatic rings. The number of nitrogens with zero attached hydrogens (tertiary/aromatic N) is 2. The summed E-state index contributed by atoms with van der Waals surface area (Å²) in [5, 5.41) is 13.5. The lowest BCUT2D eigenvalue weighted by atomic mass is 10.0. The SMILES string of the molecule is Cc1cn2c(CC(=O)NC(C(=O)O)C(C)C)csc2n1. The lowest BCUT2D eigenvalue weighted by molar-refractivity contribution is -0.143. The van der Waals surface area contributed by atoms with E-state index in [1.54, 1.807) is 13.8 Å². The van der Waals surface area contributed by atoms with Crippen LogP contribution in [-0.2, 0) is 16.0 Å². The molecule has 7 heteroatoms. The van der Waals surface area contributed by atoms with Crippen LogP contribution in [0, 0.1) is 12.8 Å². The number of rotatable bonds is 5. The Bertz CT molecular complexity index is 644. The Morgan fingerprint density at radius 3 is 2.80 bits per heavy atom. The molecule has 1 unspecified atom stereocenters. The summed E-state index contributed by atoms with van der Waals surface area (Å²) in [6, 6.07) is -0.860. The summed E-state index contributed by atoms with van der Waals surface area (Å²) >= 11 is 1.46. The van der Waals surface area contributed by atoms with E-state index in [-0.39, 0.29) is 18.2 Å². The van der Waals surface area contributed by atoms with Gasteiger partial charge in [-0.1, -0.05) is 13.8 Å². The maximum atomic E-state index is 12.0. The smallest absolute Gasteiger partial charge is 0.326 e. The third-order valence-electron chi connectivity index (χ3n) is 2.99. The number of aliphatic carboxylic acids is 1. The highest BCUT2D eigenvalue weighted by atomic mass is 32.1. The average molecular weight is 295 g/mol. The van der Waals surface area contributed by atoms with Gasteiger partial charge < -0.3 is 10.4 Å². The molecule has 0 saturated carbocycles. The lowest BCUT2D eigenvalue weighted by Gasteiger charge is -2.17. The van der Waals surface area contributed by atoms with Gasteiger partial charge in [0.05, 0.1) is 12.1 Å². The van der Waals surface area contributed by atoms with Crippen molar-refractivity contribution in [3.63, 3.8) is 0 Å². The van der Waals surface area contributed by atoms with E-state index < -0.39 is 12.0 Å². The van der Waals surface area contributed by atoms with E-state index in [1.807, 2.05) is 22.9 Å². The number of nitrogens with one attached hydrogen (secondary N) is 1. The fourth-order valence-electron chi connectivity index (χ4n) is 1.97. The molecule has 0 aliphatic rings. The summed E-state index contributed by atoms with van der Waals surface area (Å²) in [5.41, 5.74) is 1.71. The molecule has 2 N–H and O–H groups in total. The zero-order chi connectivity index (χ0) is 14.9. The van der Waals surface area contributed by atoms with Crippen molar-refractivity contribution < 1.29 is 14.7 Å². The summed E-state index contributed by atoms with van der Waals surface area (Å²) in [7, 11) is 0. The van der Waals surface area contributed by atoms with Crippen molar-refractivity contribution in [3.05, 3.63) is 23.0 Å². The van der Waals surface area contributed by atoms with E-state index in [0.717, 1.165) is 16.3 Å². The number of carbonyl (C=O) groups excluding carboxylic acids is 1. The third kappa shape index (κ3) is 2.98. The molecule has 6 nitrogen and oxygen atoms in total. The summed E-state index contributed by atoms with van der Waals surface area (Å²) in [6.07, 6.45) is 2.01. The van der Waals surface area contributed by atoms with Gasteiger partial charge in [0, 0.05) is 17.3 Å². The quantitative estimate of drug-likeness (QED) is 0.875. The molecular formula is C13H17N3O3S. The highest BCUT2D eigenvalue weighted by Crippen LogP contribution is 2.17. The largest absolute Gasteiger partial charge is 0.480 e. The van der Waals surface area contributed by atoms with E-state index in [4.69, 9.17) is 5.11 Å². The highest BCUT2D eigenvalue weighted by molar-refractivity contribution is 7.15. The molecule has 2 rings (SSSR count). The average Bonchev–Trinajstić information content (AvgIpc) is 2.86. The molecule has 2 heterocycles. The minimum atomic E-state index is -1.01. The standard InChI is InChI=1S/C13H17N3O3S/c1-7(2)11(12(18)19)15-10(17)4-9-6-20-13-14-8(3)5-16(9)13/h5-7,11H,4H2,1-3H3,(H,15,17)(H,18,19). The van der Waals surface area contributed by atoms with Crippen LogP contribution in [0.4, 0.5) is 0 Å². The number of hydrogen-bond acceptors (Lipinski definition) is 4. The molecule has 2 aromatic heterocycles. The van der Waals surface area contributed by atoms with Crippen LogP contribution >= 0.6 is 11.3 Å². The molecule has 0 fully saturated rings. The van der Waals surface area contributed by atoms with Crippen LogP contribution in [0.5, 0.6) is 0 Å². The van der Waals surface area contributed by atoms with Gasteiger partial charge in [0.1, 0.15) is 6.04 Å². The number of carbonyl (C=O) groups is 2. The predicted octanol–water partition coefficient (Wildman–Crippen LogP) is 1.47. The minimum Gasteiger partial charge on any atom is -0.480 e. The van der Waals surface area contributed by atoms with Crippen molar-refractivity contribution in [2.75, 3.05) is 0 Å². The van der Waals surface area contributed by atoms with Crippen LogP contribution in [0.25, 0.3) is 4.96 Å². The molecule has 0 bridgehead atoms. The van der Waals surface area contributed by atoms with Crippen molar-refractivity contribution in [1.29, 1.82) is 0 Å². The molecule has 1 amide bonds. The second-order valence-electron chi connectivity index (χ2n) is 5.07. The van der Waals surface area contributed by atoms with Gasteiger partial charge in [0.15, 0.2) is 4.96 Å². The van der Waals surface area contributed by atoms with E-state index in [0.29, 0.717) is 0 Å². The molecule has 0 radical (unpaired) electrons. The second-order valence-corrected chi connectivity index (χ2v) is 5.90. The maximum Gasteiger partial charge on any atom is 0.326 e. The van der Waals surface area contributed by atoms with Gasteiger partial charge in [0.2, 0.25) is 5.91 Å². The van der Waals surface area contributed by atoms with Gasteiger partial charge in [-0.2, -0.15) is 0 Å². The normalized spacial score (nSPS) is 12.8. The molecule has 0 saturated heterocycles. The number of hydrogen-bond donors (Lipinski definition) is 2. The summed E-state index contributed by atoms with van der Waals surface area (Å²) in [5.74, 6) is -1.46. The van der Waals surface area contributed by atoms with Gasteiger partial charge in [-0.25, -0.2) is 9.78 Å². The fraction of sp³-hybridized carbons (Fsp3) is 0.462. The Morgan fingerprint density at radius 2 is 2.20 bits per heavy atom. The Balaban J connectivity index is 2.09. The first kappa shape index (κ1) is 14.5. The van der Waals surface area contributed by atoms with Gasteiger partial charge in [-0.15, -0.1) is 11.3 Å². The van der Waals surface area contributed by atoms with E-state index >= 15 is 0 Å². The van der Waals surface area contributed by atoms with Crippen LogP contribution in [0.1, 0.15) is 25.2 Å². The second kappa shape index (κ2) is 5.62. The van der Waals surface area contributed by atoms with E-state index in [1.165, 1.54) is 11.3 Å². The van der Waals surface area contributed by atoms with Crippen molar-refractivity contribution in [3.8, 4) is 0 Å². The number of aromatic nitrogens is 2. The first-order valence-electron chi connectivity index (χ1n) is 6.32. The zero-order valence-corrected chi connectivity index (χ0v) is 12.4. The number of fused-ring (bicyclic) bond motifs is 1. The molecule has 0 spiro atoms. The fourth-order valence-corrected chi connectivity index (χ4v) is 2.89. The zero-order valence-electron chi connectivity index (χ0n) is 11.6. The van der Waals surface area contributed by atoms with E-state index in [9.17, 15) is 9.59 Å². The predicted molar refractivity (Wildman–Crippen MR) is 75.9 cm³/mol.